The van der Waals surface area contributed by atoms with Crippen molar-refractivity contribution in [3.63, 3.8) is 0 Å². The average molecular weight is 481 g/mol. The van der Waals surface area contributed by atoms with E-state index >= 15 is 0 Å². The van der Waals surface area contributed by atoms with Crippen molar-refractivity contribution in [1.29, 1.82) is 0 Å². The molecule has 1 saturated heterocycles. The molecule has 0 bridgehead atoms. The van der Waals surface area contributed by atoms with Gasteiger partial charge in [0, 0.05) is 23.3 Å². The molecule has 1 fully saturated rings. The number of ether oxygens (including phenoxy) is 1. The van der Waals surface area contributed by atoms with Gasteiger partial charge in [0.15, 0.2) is 10.9 Å². The van der Waals surface area contributed by atoms with Crippen molar-refractivity contribution in [3.8, 4) is 0 Å². The minimum Gasteiger partial charge on any atom is -0.376 e. The van der Waals surface area contributed by atoms with Gasteiger partial charge in [0.25, 0.3) is 11.8 Å². The molecule has 7 nitrogen and oxygen atoms in total. The fourth-order valence-corrected chi connectivity index (χ4v) is 5.91. The number of hydrogen-bond donors (Lipinski definition) is 2. The monoisotopic (exact) mass is 480 g/mol. The van der Waals surface area contributed by atoms with Crippen LogP contribution in [-0.2, 0) is 17.6 Å². The van der Waals surface area contributed by atoms with Gasteiger partial charge in [-0.3, -0.25) is 9.59 Å². The lowest BCUT2D eigenvalue weighted by molar-refractivity contribution is 0.0858. The van der Waals surface area contributed by atoms with E-state index in [2.05, 4.69) is 20.6 Å². The van der Waals surface area contributed by atoms with Gasteiger partial charge in [0.05, 0.1) is 22.9 Å². The Bertz CT molecular complexity index is 989. The van der Waals surface area contributed by atoms with Gasteiger partial charge in [0.1, 0.15) is 5.00 Å². The van der Waals surface area contributed by atoms with Crippen LogP contribution in [0.15, 0.2) is 11.4 Å². The van der Waals surface area contributed by atoms with Crippen molar-refractivity contribution in [3.05, 3.63) is 32.9 Å². The maximum absolute atomic E-state index is 13.0. The van der Waals surface area contributed by atoms with Gasteiger partial charge in [0.2, 0.25) is 0 Å². The first kappa shape index (κ1) is 22.5. The van der Waals surface area contributed by atoms with Crippen LogP contribution in [0.1, 0.15) is 64.4 Å². The van der Waals surface area contributed by atoms with Crippen LogP contribution in [0.3, 0.4) is 0 Å². The summed E-state index contributed by atoms with van der Waals surface area (Å²) in [6.45, 7) is 5.27. The van der Waals surface area contributed by atoms with Crippen molar-refractivity contribution in [2.45, 2.75) is 62.5 Å². The molecule has 2 N–H and O–H groups in total. The fraction of sp³-hybridized carbons (Fsp3) is 0.524. The van der Waals surface area contributed by atoms with Gasteiger partial charge in [-0.1, -0.05) is 37.2 Å². The standard InChI is InChI=1S/C21H25ClN4O3S2/c1-11(2)30-21-24-10-14(22)17(25-21)19(28)26-20-16(13-6-3-7-15(13)31-20)18(27)23-9-12-5-4-8-29-12/h10-12H,3-9H2,1-2H3,(H,23,27)(H,26,28)/t12-/m0/s1. The number of carbonyl (C=O) groups excluding carboxylic acids is 2. The average Bonchev–Trinajstić information content (AvgIpc) is 3.44. The zero-order valence-corrected chi connectivity index (χ0v) is 19.9. The van der Waals surface area contributed by atoms with Crippen LogP contribution in [0.2, 0.25) is 5.02 Å². The lowest BCUT2D eigenvalue weighted by atomic mass is 10.1. The lowest BCUT2D eigenvalue weighted by Crippen LogP contribution is -2.32. The van der Waals surface area contributed by atoms with E-state index in [1.807, 2.05) is 13.8 Å². The second-order valence-corrected chi connectivity index (χ2v) is 10.9. The van der Waals surface area contributed by atoms with E-state index in [9.17, 15) is 9.59 Å². The molecule has 0 aromatic carbocycles. The highest BCUT2D eigenvalue weighted by Gasteiger charge is 2.29. The predicted molar refractivity (Wildman–Crippen MR) is 124 cm³/mol. The minimum atomic E-state index is -0.439. The van der Waals surface area contributed by atoms with Crippen molar-refractivity contribution < 1.29 is 14.3 Å². The van der Waals surface area contributed by atoms with Crippen LogP contribution < -0.4 is 10.6 Å². The Morgan fingerprint density at radius 3 is 2.90 bits per heavy atom. The number of thioether (sulfide) groups is 1. The molecule has 1 atom stereocenters. The number of thiophene rings is 1. The first-order valence-electron chi connectivity index (χ1n) is 10.5. The van der Waals surface area contributed by atoms with Gasteiger partial charge >= 0.3 is 0 Å². The molecule has 1 aliphatic heterocycles. The van der Waals surface area contributed by atoms with E-state index in [1.165, 1.54) is 29.3 Å². The predicted octanol–water partition coefficient (Wildman–Crippen LogP) is 4.34. The Morgan fingerprint density at radius 1 is 1.32 bits per heavy atom. The van der Waals surface area contributed by atoms with E-state index in [1.54, 1.807) is 0 Å². The Kier molecular flexibility index (Phi) is 7.15. The summed E-state index contributed by atoms with van der Waals surface area (Å²) < 4.78 is 5.61. The molecule has 3 heterocycles. The Balaban J connectivity index is 1.54. The minimum absolute atomic E-state index is 0.0605. The van der Waals surface area contributed by atoms with Crippen LogP contribution in [0.4, 0.5) is 5.00 Å². The summed E-state index contributed by atoms with van der Waals surface area (Å²) in [5.41, 5.74) is 1.71. The Hall–Kier alpha value is -1.68. The zero-order valence-electron chi connectivity index (χ0n) is 17.5. The van der Waals surface area contributed by atoms with Crippen molar-refractivity contribution in [2.24, 2.45) is 0 Å². The third-order valence-corrected chi connectivity index (χ3v) is 7.53. The molecule has 2 aromatic rings. The molecule has 2 amide bonds. The van der Waals surface area contributed by atoms with Crippen LogP contribution >= 0.6 is 34.7 Å². The molecule has 4 rings (SSSR count). The molecule has 2 aliphatic rings. The van der Waals surface area contributed by atoms with Crippen molar-refractivity contribution in [1.82, 2.24) is 15.3 Å². The number of fused-ring (bicyclic) bond motifs is 1. The summed E-state index contributed by atoms with van der Waals surface area (Å²) in [6, 6.07) is 0. The highest BCUT2D eigenvalue weighted by atomic mass is 35.5. The van der Waals surface area contributed by atoms with Crippen molar-refractivity contribution in [2.75, 3.05) is 18.5 Å². The van der Waals surface area contributed by atoms with Gasteiger partial charge in [-0.2, -0.15) is 0 Å². The molecule has 2 aromatic heterocycles. The third-order valence-electron chi connectivity index (χ3n) is 5.17. The van der Waals surface area contributed by atoms with Gasteiger partial charge in [-0.05, 0) is 37.7 Å². The molecular weight excluding hydrogens is 456 g/mol. The summed E-state index contributed by atoms with van der Waals surface area (Å²) >= 11 is 9.13. The molecule has 166 valence electrons. The normalized spacial score (nSPS) is 17.7. The summed E-state index contributed by atoms with van der Waals surface area (Å²) in [4.78, 5) is 35.7. The maximum atomic E-state index is 13.0. The van der Waals surface area contributed by atoms with Gasteiger partial charge < -0.3 is 15.4 Å². The van der Waals surface area contributed by atoms with Gasteiger partial charge in [-0.25, -0.2) is 9.97 Å². The molecule has 0 saturated carbocycles. The number of amides is 2. The summed E-state index contributed by atoms with van der Waals surface area (Å²) in [5.74, 6) is -0.610. The number of hydrogen-bond acceptors (Lipinski definition) is 7. The first-order chi connectivity index (χ1) is 14.9. The number of aromatic nitrogens is 2. The zero-order chi connectivity index (χ0) is 22.0. The lowest BCUT2D eigenvalue weighted by Gasteiger charge is -2.13. The molecule has 31 heavy (non-hydrogen) atoms. The van der Waals surface area contributed by atoms with Crippen LogP contribution in [-0.4, -0.2) is 46.3 Å². The summed E-state index contributed by atoms with van der Waals surface area (Å²) in [5, 5.41) is 7.37. The number of nitrogens with zero attached hydrogens (tertiary/aromatic N) is 2. The second kappa shape index (κ2) is 9.85. The Labute approximate surface area is 194 Å². The third kappa shape index (κ3) is 5.22. The van der Waals surface area contributed by atoms with E-state index in [0.717, 1.165) is 49.2 Å². The quantitative estimate of drug-likeness (QED) is 0.452. The molecule has 0 radical (unpaired) electrons. The second-order valence-electron chi connectivity index (χ2n) is 7.88. The molecular formula is C21H25ClN4O3S2. The Morgan fingerprint density at radius 2 is 2.16 bits per heavy atom. The number of nitrogens with one attached hydrogen (secondary N) is 2. The number of aryl methyl sites for hydroxylation is 1. The maximum Gasteiger partial charge on any atom is 0.276 e. The fourth-order valence-electron chi connectivity index (χ4n) is 3.77. The largest absolute Gasteiger partial charge is 0.376 e. The van der Waals surface area contributed by atoms with E-state index in [4.69, 9.17) is 16.3 Å². The van der Waals surface area contributed by atoms with E-state index in [0.29, 0.717) is 22.3 Å². The van der Waals surface area contributed by atoms with Crippen molar-refractivity contribution >= 4 is 51.5 Å². The van der Waals surface area contributed by atoms with Gasteiger partial charge in [-0.15, -0.1) is 11.3 Å². The van der Waals surface area contributed by atoms with Crippen LogP contribution in [0.25, 0.3) is 0 Å². The smallest absolute Gasteiger partial charge is 0.276 e. The topological polar surface area (TPSA) is 93.2 Å². The highest BCUT2D eigenvalue weighted by Crippen LogP contribution is 2.39. The van der Waals surface area contributed by atoms with E-state index in [-0.39, 0.29) is 28.0 Å². The number of halogens is 1. The number of carbonyl (C=O) groups is 2. The molecule has 0 unspecified atom stereocenters. The highest BCUT2D eigenvalue weighted by molar-refractivity contribution is 7.99. The number of rotatable bonds is 7. The molecule has 0 spiro atoms. The van der Waals surface area contributed by atoms with Crippen LogP contribution in [0.5, 0.6) is 0 Å². The number of anilines is 1. The van der Waals surface area contributed by atoms with Crippen LogP contribution in [0, 0.1) is 0 Å². The first-order valence-corrected chi connectivity index (χ1v) is 12.5. The summed E-state index contributed by atoms with van der Waals surface area (Å²) in [6.07, 6.45) is 6.26. The molecule has 1 aliphatic carbocycles. The SMILES string of the molecule is CC(C)Sc1ncc(Cl)c(C(=O)Nc2sc3c(c2C(=O)NC[C@@H]2CCCO2)CCC3)n1. The summed E-state index contributed by atoms with van der Waals surface area (Å²) in [7, 11) is 0. The van der Waals surface area contributed by atoms with E-state index < -0.39 is 5.91 Å². The molecule has 10 heteroatoms.